The van der Waals surface area contributed by atoms with Gasteiger partial charge in [0.2, 0.25) is 3.79 Å². The van der Waals surface area contributed by atoms with E-state index in [9.17, 15) is 10.1 Å². The highest BCUT2D eigenvalue weighted by Crippen LogP contribution is 2.48. The molecule has 0 aromatic carbocycles. The lowest BCUT2D eigenvalue weighted by Crippen LogP contribution is -2.43. The van der Waals surface area contributed by atoms with Crippen molar-refractivity contribution in [3.63, 3.8) is 0 Å². The highest BCUT2D eigenvalue weighted by atomic mass is 35.6. The van der Waals surface area contributed by atoms with Crippen LogP contribution in [0.3, 0.4) is 0 Å². The lowest BCUT2D eigenvalue weighted by molar-refractivity contribution is -0.532. The minimum absolute atomic E-state index is 0.444. The van der Waals surface area contributed by atoms with Crippen molar-refractivity contribution in [2.45, 2.75) is 22.0 Å². The minimum Gasteiger partial charge on any atom is -0.359 e. The van der Waals surface area contributed by atoms with Crippen LogP contribution >= 0.6 is 34.8 Å². The fraction of sp³-hybridized carbons (Fsp3) is 0.714. The molecule has 0 N–H and O–H groups in total. The van der Waals surface area contributed by atoms with Crippen molar-refractivity contribution in [2.24, 2.45) is 5.92 Å². The molecular formula is C7H6Cl3NO3. The summed E-state index contributed by atoms with van der Waals surface area (Å²) in [6.07, 6.45) is 2.33. The molecule has 0 aliphatic carbocycles. The molecule has 0 spiro atoms. The Balaban J connectivity index is 2.31. The average molecular weight is 258 g/mol. The van der Waals surface area contributed by atoms with Gasteiger partial charge in [-0.2, -0.15) is 0 Å². The summed E-state index contributed by atoms with van der Waals surface area (Å²) in [6.45, 7) is 0. The molecule has 4 unspecified atom stereocenters. The van der Waals surface area contributed by atoms with E-state index in [1.807, 2.05) is 0 Å². The van der Waals surface area contributed by atoms with Crippen molar-refractivity contribution < 1.29 is 9.66 Å². The van der Waals surface area contributed by atoms with E-state index < -0.39 is 32.9 Å². The number of nitrogens with zero attached hydrogens (tertiary/aromatic N) is 1. The van der Waals surface area contributed by atoms with Crippen LogP contribution in [0.5, 0.6) is 0 Å². The molecule has 0 aromatic rings. The van der Waals surface area contributed by atoms with E-state index in [1.54, 1.807) is 12.2 Å². The largest absolute Gasteiger partial charge is 0.359 e. The van der Waals surface area contributed by atoms with Crippen LogP contribution in [0.25, 0.3) is 0 Å². The van der Waals surface area contributed by atoms with Gasteiger partial charge >= 0.3 is 0 Å². The van der Waals surface area contributed by atoms with Crippen molar-refractivity contribution in [3.8, 4) is 0 Å². The zero-order chi connectivity index (χ0) is 10.5. The zero-order valence-electron chi connectivity index (χ0n) is 6.77. The van der Waals surface area contributed by atoms with Gasteiger partial charge in [-0.1, -0.05) is 47.0 Å². The molecule has 7 heteroatoms. The van der Waals surface area contributed by atoms with E-state index in [2.05, 4.69) is 0 Å². The Bertz CT molecular complexity index is 301. The fourth-order valence-electron chi connectivity index (χ4n) is 1.92. The lowest BCUT2D eigenvalue weighted by Gasteiger charge is -2.25. The van der Waals surface area contributed by atoms with Gasteiger partial charge in [0.05, 0.1) is 6.10 Å². The van der Waals surface area contributed by atoms with Crippen LogP contribution in [-0.4, -0.2) is 27.0 Å². The highest BCUT2D eigenvalue weighted by Gasteiger charge is 2.60. The summed E-state index contributed by atoms with van der Waals surface area (Å²) in [5, 5.41) is 10.8. The minimum atomic E-state index is -1.66. The molecule has 0 radical (unpaired) electrons. The second kappa shape index (κ2) is 3.23. The normalized spacial score (nSPS) is 40.5. The Hall–Kier alpha value is -0.0300. The van der Waals surface area contributed by atoms with Crippen LogP contribution in [0.2, 0.25) is 0 Å². The van der Waals surface area contributed by atoms with Crippen LogP contribution in [0.15, 0.2) is 12.2 Å². The molecule has 0 saturated carbocycles. The summed E-state index contributed by atoms with van der Waals surface area (Å²) in [4.78, 5) is 10.3. The second-order valence-electron chi connectivity index (χ2n) is 3.29. The molecule has 4 atom stereocenters. The summed E-state index contributed by atoms with van der Waals surface area (Å²) in [6, 6.07) is -0.961. The summed E-state index contributed by atoms with van der Waals surface area (Å²) in [5.41, 5.74) is 0. The number of ether oxygens (including phenoxy) is 1. The van der Waals surface area contributed by atoms with Crippen molar-refractivity contribution >= 4 is 34.8 Å². The van der Waals surface area contributed by atoms with Crippen LogP contribution in [0.1, 0.15) is 0 Å². The van der Waals surface area contributed by atoms with Gasteiger partial charge in [-0.25, -0.2) is 0 Å². The summed E-state index contributed by atoms with van der Waals surface area (Å²) < 4.78 is 3.61. The summed E-state index contributed by atoms with van der Waals surface area (Å²) in [5.74, 6) is -0.711. The van der Waals surface area contributed by atoms with Gasteiger partial charge in [0, 0.05) is 4.92 Å². The number of hydrogen-bond acceptors (Lipinski definition) is 3. The van der Waals surface area contributed by atoms with E-state index in [4.69, 9.17) is 39.5 Å². The van der Waals surface area contributed by atoms with Gasteiger partial charge < -0.3 is 4.74 Å². The molecule has 0 amide bonds. The maximum atomic E-state index is 10.8. The van der Waals surface area contributed by atoms with E-state index in [0.29, 0.717) is 0 Å². The van der Waals surface area contributed by atoms with E-state index in [0.717, 1.165) is 0 Å². The van der Waals surface area contributed by atoms with Gasteiger partial charge in [0.1, 0.15) is 12.0 Å². The second-order valence-corrected chi connectivity index (χ2v) is 5.66. The first-order valence-corrected chi connectivity index (χ1v) is 5.08. The Morgan fingerprint density at radius 3 is 2.29 bits per heavy atom. The average Bonchev–Trinajstić information content (AvgIpc) is 2.58. The quantitative estimate of drug-likeness (QED) is 0.313. The Morgan fingerprint density at radius 1 is 1.29 bits per heavy atom. The van der Waals surface area contributed by atoms with E-state index >= 15 is 0 Å². The third-order valence-corrected chi connectivity index (χ3v) is 3.24. The summed E-state index contributed by atoms with van der Waals surface area (Å²) in [7, 11) is 0. The van der Waals surface area contributed by atoms with Crippen molar-refractivity contribution in [2.75, 3.05) is 0 Å². The molecule has 2 aliphatic heterocycles. The predicted octanol–water partition coefficient (Wildman–Crippen LogP) is 1.96. The molecule has 14 heavy (non-hydrogen) atoms. The molecule has 78 valence electrons. The molecular weight excluding hydrogens is 252 g/mol. The van der Waals surface area contributed by atoms with Crippen molar-refractivity contribution in [1.82, 2.24) is 0 Å². The first kappa shape index (κ1) is 10.5. The number of alkyl halides is 3. The predicted molar refractivity (Wildman–Crippen MR) is 52.4 cm³/mol. The first-order valence-electron chi connectivity index (χ1n) is 3.95. The third-order valence-electron chi connectivity index (χ3n) is 2.48. The monoisotopic (exact) mass is 257 g/mol. The number of fused-ring (bicyclic) bond motifs is 2. The zero-order valence-corrected chi connectivity index (χ0v) is 9.04. The topological polar surface area (TPSA) is 52.4 Å². The van der Waals surface area contributed by atoms with Crippen LogP contribution in [0.4, 0.5) is 0 Å². The number of hydrogen-bond donors (Lipinski definition) is 0. The van der Waals surface area contributed by atoms with Gasteiger partial charge in [-0.15, -0.1) is 0 Å². The maximum Gasteiger partial charge on any atom is 0.252 e. The summed E-state index contributed by atoms with van der Waals surface area (Å²) >= 11 is 17.1. The molecule has 1 fully saturated rings. The van der Waals surface area contributed by atoms with Crippen LogP contribution in [-0.2, 0) is 4.74 Å². The van der Waals surface area contributed by atoms with Gasteiger partial charge in [-0.05, 0) is 0 Å². The Morgan fingerprint density at radius 2 is 1.86 bits per heavy atom. The van der Waals surface area contributed by atoms with Crippen molar-refractivity contribution in [1.29, 1.82) is 0 Å². The number of rotatable bonds is 1. The fourth-order valence-corrected chi connectivity index (χ4v) is 2.68. The van der Waals surface area contributed by atoms with Gasteiger partial charge in [0.15, 0.2) is 0 Å². The molecule has 2 rings (SSSR count). The molecule has 2 heterocycles. The Kier molecular flexibility index (Phi) is 2.42. The lowest BCUT2D eigenvalue weighted by atomic mass is 9.91. The van der Waals surface area contributed by atoms with E-state index in [1.165, 1.54) is 0 Å². The van der Waals surface area contributed by atoms with Crippen LogP contribution in [0, 0.1) is 16.0 Å². The highest BCUT2D eigenvalue weighted by molar-refractivity contribution is 6.67. The third kappa shape index (κ3) is 1.50. The number of nitro groups is 1. The van der Waals surface area contributed by atoms with Crippen LogP contribution < -0.4 is 0 Å². The maximum absolute atomic E-state index is 10.8. The first-order chi connectivity index (χ1) is 6.41. The molecule has 2 bridgehead atoms. The number of halogens is 3. The molecule has 0 aromatic heterocycles. The smallest absolute Gasteiger partial charge is 0.252 e. The Labute approximate surface area is 94.9 Å². The molecule has 2 aliphatic rings. The van der Waals surface area contributed by atoms with Crippen molar-refractivity contribution in [3.05, 3.63) is 22.3 Å². The molecule has 4 nitrogen and oxygen atoms in total. The van der Waals surface area contributed by atoms with Gasteiger partial charge in [-0.3, -0.25) is 10.1 Å². The SMILES string of the molecule is O=[N+]([O-])C1C2C=CC(O2)C1C(Cl)(Cl)Cl. The van der Waals surface area contributed by atoms with Gasteiger partial charge in [0.25, 0.3) is 6.04 Å². The standard InChI is InChI=1S/C7H6Cl3NO3/c8-7(9,10)5-3-1-2-4(14-3)6(5)11(12)13/h1-6H. The van der Waals surface area contributed by atoms with E-state index in [-0.39, 0.29) is 0 Å². The molecule has 1 saturated heterocycles.